The number of hydrogen-bond acceptors (Lipinski definition) is 5. The first kappa shape index (κ1) is 20.9. The van der Waals surface area contributed by atoms with E-state index < -0.39 is 21.7 Å². The lowest BCUT2D eigenvalue weighted by Crippen LogP contribution is -2.16. The smallest absolute Gasteiger partial charge is 0.261 e. The van der Waals surface area contributed by atoms with Crippen molar-refractivity contribution in [3.05, 3.63) is 71.0 Å². The second-order valence-corrected chi connectivity index (χ2v) is 9.92. The number of sulfonamides is 1. The molecule has 0 radical (unpaired) electrons. The highest BCUT2D eigenvalue weighted by atomic mass is 32.2. The van der Waals surface area contributed by atoms with Gasteiger partial charge in [-0.05, 0) is 42.5 Å². The van der Waals surface area contributed by atoms with Crippen LogP contribution in [0, 0.1) is 5.82 Å². The number of nitrogens with one attached hydrogen (secondary N) is 2. The van der Waals surface area contributed by atoms with Crippen molar-refractivity contribution in [1.29, 1.82) is 0 Å². The summed E-state index contributed by atoms with van der Waals surface area (Å²) in [7, 11) is -3.90. The number of amides is 1. The zero-order valence-corrected chi connectivity index (χ0v) is 17.7. The van der Waals surface area contributed by atoms with Crippen molar-refractivity contribution in [2.24, 2.45) is 0 Å². The zero-order chi connectivity index (χ0) is 21.2. The molecule has 1 amide bonds. The molecule has 0 aliphatic heterocycles. The van der Waals surface area contributed by atoms with Gasteiger partial charge in [-0.1, -0.05) is 26.8 Å². The Labute approximate surface area is 172 Å². The van der Waals surface area contributed by atoms with Crippen LogP contribution in [0.1, 0.15) is 36.8 Å². The minimum absolute atomic E-state index is 0.0775. The van der Waals surface area contributed by atoms with Crippen molar-refractivity contribution in [2.75, 3.05) is 10.0 Å². The Hall–Kier alpha value is -2.78. The van der Waals surface area contributed by atoms with Gasteiger partial charge in [0, 0.05) is 22.0 Å². The highest BCUT2D eigenvalue weighted by molar-refractivity contribution is 7.92. The number of nitrogens with zero attached hydrogens (tertiary/aromatic N) is 1. The van der Waals surface area contributed by atoms with Crippen LogP contribution in [0.3, 0.4) is 0 Å². The minimum atomic E-state index is -3.90. The SMILES string of the molecule is CC(C)(C)c1csc(NC(=O)c2cccc(NS(=O)(=O)c3ccc(F)cc3)c2)n1. The lowest BCUT2D eigenvalue weighted by atomic mass is 9.93. The third-order valence-electron chi connectivity index (χ3n) is 3.99. The summed E-state index contributed by atoms with van der Waals surface area (Å²) >= 11 is 1.33. The molecule has 0 bridgehead atoms. The Kier molecular flexibility index (Phi) is 5.72. The predicted molar refractivity (Wildman–Crippen MR) is 112 cm³/mol. The van der Waals surface area contributed by atoms with Crippen LogP contribution in [0.4, 0.5) is 15.2 Å². The average Bonchev–Trinajstić information content (AvgIpc) is 3.11. The lowest BCUT2D eigenvalue weighted by Gasteiger charge is -2.14. The molecule has 29 heavy (non-hydrogen) atoms. The molecule has 3 aromatic rings. The fraction of sp³-hybridized carbons (Fsp3) is 0.200. The van der Waals surface area contributed by atoms with Crippen molar-refractivity contribution in [3.63, 3.8) is 0 Å². The molecule has 2 aromatic carbocycles. The molecule has 0 aliphatic carbocycles. The Morgan fingerprint density at radius 3 is 2.41 bits per heavy atom. The molecule has 0 spiro atoms. The number of thiazole rings is 1. The molecular formula is C20H20FN3O3S2. The van der Waals surface area contributed by atoms with Crippen molar-refractivity contribution >= 4 is 38.1 Å². The van der Waals surface area contributed by atoms with Gasteiger partial charge in [0.2, 0.25) is 0 Å². The molecule has 0 saturated carbocycles. The van der Waals surface area contributed by atoms with Gasteiger partial charge in [0.15, 0.2) is 5.13 Å². The standard InChI is InChI=1S/C20H20FN3O3S2/c1-20(2,3)17-12-28-19(22-17)23-18(25)13-5-4-6-15(11-13)24-29(26,27)16-9-7-14(21)8-10-16/h4-12,24H,1-3H3,(H,22,23,25). The Morgan fingerprint density at radius 2 is 1.79 bits per heavy atom. The number of hydrogen-bond donors (Lipinski definition) is 2. The molecule has 9 heteroatoms. The molecule has 0 fully saturated rings. The quantitative estimate of drug-likeness (QED) is 0.614. The number of carbonyl (C=O) groups is 1. The van der Waals surface area contributed by atoms with E-state index in [2.05, 4.69) is 15.0 Å². The van der Waals surface area contributed by atoms with E-state index in [9.17, 15) is 17.6 Å². The number of aromatic nitrogens is 1. The van der Waals surface area contributed by atoms with Gasteiger partial charge in [-0.2, -0.15) is 0 Å². The van der Waals surface area contributed by atoms with Gasteiger partial charge in [0.25, 0.3) is 15.9 Å². The molecule has 152 valence electrons. The molecule has 1 heterocycles. The third-order valence-corrected chi connectivity index (χ3v) is 6.15. The van der Waals surface area contributed by atoms with Crippen LogP contribution in [-0.2, 0) is 15.4 Å². The minimum Gasteiger partial charge on any atom is -0.298 e. The van der Waals surface area contributed by atoms with E-state index in [1.807, 2.05) is 26.2 Å². The van der Waals surface area contributed by atoms with Crippen molar-refractivity contribution < 1.29 is 17.6 Å². The van der Waals surface area contributed by atoms with E-state index in [0.29, 0.717) is 5.13 Å². The normalized spacial score (nSPS) is 11.9. The number of carbonyl (C=O) groups excluding carboxylic acids is 1. The molecule has 0 aliphatic rings. The van der Waals surface area contributed by atoms with Crippen LogP contribution < -0.4 is 10.0 Å². The van der Waals surface area contributed by atoms with Crippen LogP contribution in [0.25, 0.3) is 0 Å². The van der Waals surface area contributed by atoms with Crippen LogP contribution in [0.5, 0.6) is 0 Å². The summed E-state index contributed by atoms with van der Waals surface area (Å²) in [6.45, 7) is 6.10. The number of anilines is 2. The van der Waals surface area contributed by atoms with E-state index in [0.717, 1.165) is 17.8 Å². The zero-order valence-electron chi connectivity index (χ0n) is 16.1. The van der Waals surface area contributed by atoms with Crippen molar-refractivity contribution in [2.45, 2.75) is 31.1 Å². The maximum absolute atomic E-state index is 13.0. The van der Waals surface area contributed by atoms with Crippen LogP contribution in [-0.4, -0.2) is 19.3 Å². The lowest BCUT2D eigenvalue weighted by molar-refractivity contribution is 0.102. The van der Waals surface area contributed by atoms with E-state index >= 15 is 0 Å². The van der Waals surface area contributed by atoms with Gasteiger partial charge in [-0.15, -0.1) is 11.3 Å². The highest BCUT2D eigenvalue weighted by Gasteiger charge is 2.19. The van der Waals surface area contributed by atoms with Crippen LogP contribution >= 0.6 is 11.3 Å². The monoisotopic (exact) mass is 433 g/mol. The summed E-state index contributed by atoms with van der Waals surface area (Å²) in [6.07, 6.45) is 0. The first-order chi connectivity index (χ1) is 13.5. The number of benzene rings is 2. The molecule has 2 N–H and O–H groups in total. The maximum Gasteiger partial charge on any atom is 0.261 e. The Balaban J connectivity index is 1.76. The van der Waals surface area contributed by atoms with Gasteiger partial charge >= 0.3 is 0 Å². The molecular weight excluding hydrogens is 413 g/mol. The fourth-order valence-electron chi connectivity index (χ4n) is 2.40. The maximum atomic E-state index is 13.0. The van der Waals surface area contributed by atoms with E-state index in [1.165, 1.54) is 35.6 Å². The topological polar surface area (TPSA) is 88.2 Å². The molecule has 0 atom stereocenters. The number of halogens is 1. The molecule has 0 unspecified atom stereocenters. The van der Waals surface area contributed by atoms with E-state index in [-0.39, 0.29) is 21.6 Å². The second kappa shape index (κ2) is 7.92. The summed E-state index contributed by atoms with van der Waals surface area (Å²) in [5.74, 6) is -0.929. The van der Waals surface area contributed by atoms with Crippen molar-refractivity contribution in [3.8, 4) is 0 Å². The Bertz CT molecular complexity index is 1130. The fourth-order valence-corrected chi connectivity index (χ4v) is 4.38. The summed E-state index contributed by atoms with van der Waals surface area (Å²) in [4.78, 5) is 16.9. The summed E-state index contributed by atoms with van der Waals surface area (Å²) in [5.41, 5.74) is 1.24. The summed E-state index contributed by atoms with van der Waals surface area (Å²) < 4.78 is 40.3. The van der Waals surface area contributed by atoms with E-state index in [1.54, 1.807) is 12.1 Å². The van der Waals surface area contributed by atoms with Crippen molar-refractivity contribution in [1.82, 2.24) is 4.98 Å². The van der Waals surface area contributed by atoms with Gasteiger partial charge < -0.3 is 0 Å². The molecule has 3 rings (SSSR count). The third kappa shape index (κ3) is 5.18. The summed E-state index contributed by atoms with van der Waals surface area (Å²) in [6, 6.07) is 10.6. The second-order valence-electron chi connectivity index (χ2n) is 7.38. The molecule has 6 nitrogen and oxygen atoms in total. The number of rotatable bonds is 5. The van der Waals surface area contributed by atoms with Gasteiger partial charge in [-0.3, -0.25) is 14.8 Å². The van der Waals surface area contributed by atoms with Gasteiger partial charge in [0.1, 0.15) is 5.82 Å². The van der Waals surface area contributed by atoms with Gasteiger partial charge in [-0.25, -0.2) is 17.8 Å². The average molecular weight is 434 g/mol. The summed E-state index contributed by atoms with van der Waals surface area (Å²) in [5, 5.41) is 5.09. The van der Waals surface area contributed by atoms with E-state index in [4.69, 9.17) is 0 Å². The predicted octanol–water partition coefficient (Wildman–Crippen LogP) is 4.63. The Morgan fingerprint density at radius 1 is 1.10 bits per heavy atom. The molecule has 0 saturated heterocycles. The first-order valence-electron chi connectivity index (χ1n) is 8.70. The largest absolute Gasteiger partial charge is 0.298 e. The van der Waals surface area contributed by atoms with Crippen LogP contribution in [0.2, 0.25) is 0 Å². The van der Waals surface area contributed by atoms with Gasteiger partial charge in [0.05, 0.1) is 10.6 Å². The first-order valence-corrected chi connectivity index (χ1v) is 11.1. The molecule has 1 aromatic heterocycles. The highest BCUT2D eigenvalue weighted by Crippen LogP contribution is 2.27. The van der Waals surface area contributed by atoms with Crippen LogP contribution in [0.15, 0.2) is 58.8 Å².